The van der Waals surface area contributed by atoms with E-state index in [1.54, 1.807) is 12.1 Å². The van der Waals surface area contributed by atoms with E-state index in [0.717, 1.165) is 26.2 Å². The molecule has 20 heavy (non-hydrogen) atoms. The molecule has 114 valence electrons. The molecule has 0 aromatic heterocycles. The third-order valence-electron chi connectivity index (χ3n) is 3.14. The summed E-state index contributed by atoms with van der Waals surface area (Å²) in [5, 5.41) is 3.74. The summed E-state index contributed by atoms with van der Waals surface area (Å²) >= 11 is 11.9. The minimum absolute atomic E-state index is 0. The molecule has 1 saturated heterocycles. The van der Waals surface area contributed by atoms with Crippen molar-refractivity contribution in [1.29, 1.82) is 0 Å². The Balaban J connectivity index is 0.00000180. The van der Waals surface area contributed by atoms with E-state index in [1.165, 1.54) is 6.07 Å². The fourth-order valence-corrected chi connectivity index (χ4v) is 2.65. The van der Waals surface area contributed by atoms with Gasteiger partial charge in [-0.2, -0.15) is 0 Å². The Bertz CT molecular complexity index is 450. The average molecular weight is 362 g/mol. The lowest BCUT2D eigenvalue weighted by atomic mass is 10.0. The first-order valence-electron chi connectivity index (χ1n) is 5.86. The van der Waals surface area contributed by atoms with Crippen molar-refractivity contribution in [2.45, 2.75) is 6.04 Å². The molecule has 1 aliphatic rings. The van der Waals surface area contributed by atoms with Crippen LogP contribution in [0.4, 0.5) is 4.39 Å². The van der Waals surface area contributed by atoms with Crippen molar-refractivity contribution in [2.24, 2.45) is 0 Å². The second-order valence-electron chi connectivity index (χ2n) is 4.22. The fraction of sp³-hybridized carbons (Fsp3) is 0.385. The summed E-state index contributed by atoms with van der Waals surface area (Å²) in [5.41, 5.74) is 0.418. The predicted molar refractivity (Wildman–Crippen MR) is 88.3 cm³/mol. The largest absolute Gasteiger partial charge is 0.314 e. The van der Waals surface area contributed by atoms with E-state index in [9.17, 15) is 4.39 Å². The van der Waals surface area contributed by atoms with Gasteiger partial charge in [0.25, 0.3) is 0 Å². The number of piperazine rings is 1. The minimum atomic E-state index is -0.451. The molecule has 1 atom stereocenters. The molecule has 1 aliphatic heterocycles. The van der Waals surface area contributed by atoms with Gasteiger partial charge in [0.1, 0.15) is 5.82 Å². The van der Waals surface area contributed by atoms with Gasteiger partial charge < -0.3 is 5.32 Å². The molecule has 0 spiro atoms. The van der Waals surface area contributed by atoms with Crippen LogP contribution in [0.1, 0.15) is 11.6 Å². The van der Waals surface area contributed by atoms with Crippen molar-refractivity contribution in [3.63, 3.8) is 0 Å². The number of nitrogens with one attached hydrogen (secondary N) is 1. The van der Waals surface area contributed by atoms with E-state index < -0.39 is 5.82 Å². The first kappa shape index (κ1) is 20.0. The molecular formula is C13H17Cl4FN2. The molecule has 1 aromatic rings. The normalized spacial score (nSPS) is 16.8. The minimum Gasteiger partial charge on any atom is -0.314 e. The van der Waals surface area contributed by atoms with Crippen LogP contribution in [0.25, 0.3) is 0 Å². The lowest BCUT2D eigenvalue weighted by molar-refractivity contribution is 0.200. The zero-order valence-electron chi connectivity index (χ0n) is 10.7. The maximum atomic E-state index is 14.1. The molecule has 1 fully saturated rings. The smallest absolute Gasteiger partial charge is 0.148 e. The van der Waals surface area contributed by atoms with Gasteiger partial charge in [-0.25, -0.2) is 4.39 Å². The van der Waals surface area contributed by atoms with Crippen LogP contribution in [0.2, 0.25) is 10.0 Å². The summed E-state index contributed by atoms with van der Waals surface area (Å²) < 4.78 is 14.1. The van der Waals surface area contributed by atoms with E-state index in [-0.39, 0.29) is 35.9 Å². The Labute approximate surface area is 141 Å². The van der Waals surface area contributed by atoms with Gasteiger partial charge in [0.15, 0.2) is 0 Å². The first-order chi connectivity index (χ1) is 8.65. The average Bonchev–Trinajstić information content (AvgIpc) is 2.40. The van der Waals surface area contributed by atoms with Crippen LogP contribution in [-0.4, -0.2) is 31.1 Å². The van der Waals surface area contributed by atoms with Crippen LogP contribution in [0.5, 0.6) is 0 Å². The lowest BCUT2D eigenvalue weighted by Gasteiger charge is -2.34. The quantitative estimate of drug-likeness (QED) is 0.643. The van der Waals surface area contributed by atoms with Gasteiger partial charge in [-0.15, -0.1) is 31.4 Å². The molecule has 0 amide bonds. The number of nitrogens with zero attached hydrogens (tertiary/aromatic N) is 1. The van der Waals surface area contributed by atoms with Gasteiger partial charge in [-0.05, 0) is 12.1 Å². The van der Waals surface area contributed by atoms with Gasteiger partial charge in [0.05, 0.1) is 11.1 Å². The highest BCUT2D eigenvalue weighted by molar-refractivity contribution is 6.33. The van der Waals surface area contributed by atoms with Crippen LogP contribution in [0.15, 0.2) is 24.8 Å². The molecule has 1 aromatic carbocycles. The number of hydrogen-bond acceptors (Lipinski definition) is 2. The second-order valence-corrected chi connectivity index (χ2v) is 5.04. The molecule has 0 bridgehead atoms. The van der Waals surface area contributed by atoms with Crippen molar-refractivity contribution in [2.75, 3.05) is 26.2 Å². The van der Waals surface area contributed by atoms with Crippen molar-refractivity contribution < 1.29 is 4.39 Å². The highest BCUT2D eigenvalue weighted by Crippen LogP contribution is 2.34. The molecule has 2 rings (SSSR count). The molecule has 2 nitrogen and oxygen atoms in total. The Morgan fingerprint density at radius 1 is 1.20 bits per heavy atom. The number of hydrogen-bond donors (Lipinski definition) is 1. The lowest BCUT2D eigenvalue weighted by Crippen LogP contribution is -2.44. The van der Waals surface area contributed by atoms with Crippen LogP contribution >= 0.6 is 48.0 Å². The highest BCUT2D eigenvalue weighted by Gasteiger charge is 2.25. The van der Waals surface area contributed by atoms with E-state index in [2.05, 4.69) is 16.8 Å². The van der Waals surface area contributed by atoms with Crippen molar-refractivity contribution in [3.05, 3.63) is 46.2 Å². The Kier molecular flexibility index (Phi) is 9.07. The van der Waals surface area contributed by atoms with Gasteiger partial charge in [-0.3, -0.25) is 4.90 Å². The van der Waals surface area contributed by atoms with Crippen LogP contribution in [0.3, 0.4) is 0 Å². The number of halogens is 5. The van der Waals surface area contributed by atoms with Gasteiger partial charge >= 0.3 is 0 Å². The van der Waals surface area contributed by atoms with Gasteiger partial charge in [0, 0.05) is 36.8 Å². The van der Waals surface area contributed by atoms with Crippen molar-refractivity contribution >= 4 is 48.0 Å². The Hall–Kier alpha value is -0.0300. The molecule has 0 radical (unpaired) electrons. The Morgan fingerprint density at radius 2 is 1.75 bits per heavy atom. The summed E-state index contributed by atoms with van der Waals surface area (Å²) in [4.78, 5) is 2.14. The maximum absolute atomic E-state index is 14.1. The van der Waals surface area contributed by atoms with E-state index in [4.69, 9.17) is 23.2 Å². The summed E-state index contributed by atoms with van der Waals surface area (Å²) in [6.07, 6.45) is 1.71. The van der Waals surface area contributed by atoms with E-state index in [0.29, 0.717) is 10.6 Å². The van der Waals surface area contributed by atoms with Gasteiger partial charge in [0.2, 0.25) is 0 Å². The molecule has 1 heterocycles. The standard InChI is InChI=1S/C13H15Cl2FN2.2ClH/c1-2-11(18-7-5-17-6-8-18)12-9(14)3-4-10(15)13(12)16;;/h2-4,11,17H,1,5-8H2;2*1H/t11-;;/m0../s1. The monoisotopic (exact) mass is 360 g/mol. The summed E-state index contributed by atoms with van der Waals surface area (Å²) in [6, 6.07) is 2.86. The number of rotatable bonds is 3. The summed E-state index contributed by atoms with van der Waals surface area (Å²) in [5.74, 6) is -0.451. The zero-order valence-corrected chi connectivity index (χ0v) is 13.9. The summed E-state index contributed by atoms with van der Waals surface area (Å²) in [6.45, 7) is 7.22. The van der Waals surface area contributed by atoms with Crippen molar-refractivity contribution in [1.82, 2.24) is 10.2 Å². The fourth-order valence-electron chi connectivity index (χ4n) is 2.22. The second kappa shape index (κ2) is 9.08. The molecule has 1 N–H and O–H groups in total. The van der Waals surface area contributed by atoms with Gasteiger partial charge in [-0.1, -0.05) is 29.3 Å². The Morgan fingerprint density at radius 3 is 2.30 bits per heavy atom. The third kappa shape index (κ3) is 4.23. The van der Waals surface area contributed by atoms with E-state index in [1.807, 2.05) is 0 Å². The topological polar surface area (TPSA) is 15.3 Å². The van der Waals surface area contributed by atoms with E-state index >= 15 is 0 Å². The molecule has 0 saturated carbocycles. The van der Waals surface area contributed by atoms with Crippen LogP contribution in [-0.2, 0) is 0 Å². The highest BCUT2D eigenvalue weighted by atomic mass is 35.5. The third-order valence-corrected chi connectivity index (χ3v) is 3.76. The predicted octanol–water partition coefficient (Wildman–Crippen LogP) is 4.11. The SMILES string of the molecule is C=C[C@@H](c1c(Cl)ccc(Cl)c1F)N1CCNCC1.Cl.Cl. The van der Waals surface area contributed by atoms with Crippen LogP contribution < -0.4 is 5.32 Å². The molecular weight excluding hydrogens is 345 g/mol. The first-order valence-corrected chi connectivity index (χ1v) is 6.61. The van der Waals surface area contributed by atoms with Crippen LogP contribution in [0, 0.1) is 5.82 Å². The molecule has 0 unspecified atom stereocenters. The molecule has 0 aliphatic carbocycles. The maximum Gasteiger partial charge on any atom is 0.148 e. The van der Waals surface area contributed by atoms with Crippen molar-refractivity contribution in [3.8, 4) is 0 Å². The summed E-state index contributed by atoms with van der Waals surface area (Å²) in [7, 11) is 0. The zero-order chi connectivity index (χ0) is 13.1. The number of benzene rings is 1. The molecule has 7 heteroatoms.